The topological polar surface area (TPSA) is 41.6 Å². The predicted octanol–water partition coefficient (Wildman–Crippen LogP) is 2.26. The highest BCUT2D eigenvalue weighted by molar-refractivity contribution is 5.94. The molecule has 0 aliphatic rings. The molecule has 0 aromatic heterocycles. The number of methoxy groups -OCH3 is 1. The zero-order valence-electron chi connectivity index (χ0n) is 12.0. The van der Waals surface area contributed by atoms with Gasteiger partial charge in [0.2, 0.25) is 5.91 Å². The molecule has 4 nitrogen and oxygen atoms in total. The summed E-state index contributed by atoms with van der Waals surface area (Å²) in [5, 5.41) is 2.40. The molecule has 0 saturated heterocycles. The number of carbonyl (C=O) groups excluding carboxylic acids is 1. The number of anilines is 1. The lowest BCUT2D eigenvalue weighted by atomic mass is 10.2. The standard InChI is InChI=1S/C14H20F2N2O2/c1-10(18(2)7-4-8-20-3)14(19)17-13-9-11(15)5-6-12(13)16/h5-6,9-10H,4,7-8H2,1-3H3,(H,17,19). The Kier molecular flexibility index (Phi) is 6.54. The van der Waals surface area contributed by atoms with E-state index in [0.29, 0.717) is 13.2 Å². The average molecular weight is 286 g/mol. The van der Waals surface area contributed by atoms with E-state index in [1.807, 2.05) is 4.90 Å². The van der Waals surface area contributed by atoms with E-state index in [-0.39, 0.29) is 11.6 Å². The molecule has 1 aromatic rings. The van der Waals surface area contributed by atoms with Gasteiger partial charge in [-0.3, -0.25) is 9.69 Å². The second kappa shape index (κ2) is 7.91. The number of benzene rings is 1. The number of ether oxygens (including phenoxy) is 1. The molecule has 1 N–H and O–H groups in total. The fraction of sp³-hybridized carbons (Fsp3) is 0.500. The van der Waals surface area contributed by atoms with Crippen LogP contribution in [0, 0.1) is 11.6 Å². The lowest BCUT2D eigenvalue weighted by molar-refractivity contribution is -0.120. The number of rotatable bonds is 7. The summed E-state index contributed by atoms with van der Waals surface area (Å²) in [6, 6.07) is 2.50. The first-order chi connectivity index (χ1) is 9.45. The number of nitrogens with zero attached hydrogens (tertiary/aromatic N) is 1. The summed E-state index contributed by atoms with van der Waals surface area (Å²) in [5.74, 6) is -1.63. The Morgan fingerprint density at radius 3 is 2.80 bits per heavy atom. The van der Waals surface area contributed by atoms with Gasteiger partial charge in [0.1, 0.15) is 11.6 Å². The summed E-state index contributed by atoms with van der Waals surface area (Å²) >= 11 is 0. The van der Waals surface area contributed by atoms with Crippen molar-refractivity contribution in [3.8, 4) is 0 Å². The van der Waals surface area contributed by atoms with Gasteiger partial charge in [0.25, 0.3) is 0 Å². The molecule has 1 unspecified atom stereocenters. The first-order valence-corrected chi connectivity index (χ1v) is 6.40. The van der Waals surface area contributed by atoms with Crippen molar-refractivity contribution in [2.45, 2.75) is 19.4 Å². The van der Waals surface area contributed by atoms with Crippen LogP contribution in [0.4, 0.5) is 14.5 Å². The summed E-state index contributed by atoms with van der Waals surface area (Å²) in [6.07, 6.45) is 0.791. The molecule has 1 rings (SSSR count). The lowest BCUT2D eigenvalue weighted by Crippen LogP contribution is -2.40. The quantitative estimate of drug-likeness (QED) is 0.782. The fourth-order valence-electron chi connectivity index (χ4n) is 1.68. The largest absolute Gasteiger partial charge is 0.385 e. The van der Waals surface area contributed by atoms with Gasteiger partial charge in [-0.15, -0.1) is 0 Å². The van der Waals surface area contributed by atoms with Gasteiger partial charge in [-0.05, 0) is 32.5 Å². The maximum absolute atomic E-state index is 13.4. The third-order valence-electron chi connectivity index (χ3n) is 3.09. The van der Waals surface area contributed by atoms with Crippen LogP contribution in [0.3, 0.4) is 0 Å². The molecule has 0 heterocycles. The average Bonchev–Trinajstić information content (AvgIpc) is 2.42. The molecule has 0 bridgehead atoms. The monoisotopic (exact) mass is 286 g/mol. The number of carbonyl (C=O) groups is 1. The summed E-state index contributed by atoms with van der Waals surface area (Å²) in [5.41, 5.74) is -0.146. The highest BCUT2D eigenvalue weighted by atomic mass is 19.1. The normalized spacial score (nSPS) is 12.5. The van der Waals surface area contributed by atoms with Crippen LogP contribution in [0.5, 0.6) is 0 Å². The molecule has 1 amide bonds. The number of likely N-dealkylation sites (N-methyl/N-ethyl adjacent to an activating group) is 1. The van der Waals surface area contributed by atoms with Crippen LogP contribution in [0.2, 0.25) is 0 Å². The third kappa shape index (κ3) is 4.86. The van der Waals surface area contributed by atoms with Gasteiger partial charge in [-0.25, -0.2) is 8.78 Å². The second-order valence-electron chi connectivity index (χ2n) is 4.62. The van der Waals surface area contributed by atoms with Crippen molar-refractivity contribution in [2.75, 3.05) is 32.6 Å². The number of hydrogen-bond acceptors (Lipinski definition) is 3. The molecule has 0 saturated carbocycles. The predicted molar refractivity (Wildman–Crippen MR) is 73.6 cm³/mol. The van der Waals surface area contributed by atoms with E-state index in [4.69, 9.17) is 4.74 Å². The number of halogens is 2. The van der Waals surface area contributed by atoms with Gasteiger partial charge in [0.05, 0.1) is 11.7 Å². The zero-order valence-corrected chi connectivity index (χ0v) is 12.0. The lowest BCUT2D eigenvalue weighted by Gasteiger charge is -2.23. The van der Waals surface area contributed by atoms with Crippen LogP contribution in [0.1, 0.15) is 13.3 Å². The van der Waals surface area contributed by atoms with Crippen molar-refractivity contribution >= 4 is 11.6 Å². The van der Waals surface area contributed by atoms with Crippen LogP contribution in [-0.4, -0.2) is 44.2 Å². The minimum Gasteiger partial charge on any atom is -0.385 e. The van der Waals surface area contributed by atoms with Gasteiger partial charge in [-0.2, -0.15) is 0 Å². The Labute approximate surface area is 117 Å². The van der Waals surface area contributed by atoms with Gasteiger partial charge >= 0.3 is 0 Å². The van der Waals surface area contributed by atoms with E-state index in [9.17, 15) is 13.6 Å². The van der Waals surface area contributed by atoms with Gasteiger partial charge in [-0.1, -0.05) is 0 Å². The SMILES string of the molecule is COCCCN(C)C(C)C(=O)Nc1cc(F)ccc1F. The first kappa shape index (κ1) is 16.5. The van der Waals surface area contributed by atoms with E-state index in [1.54, 1.807) is 21.1 Å². The minimum atomic E-state index is -0.658. The fourth-order valence-corrected chi connectivity index (χ4v) is 1.68. The van der Waals surface area contributed by atoms with Crippen LogP contribution >= 0.6 is 0 Å². The Bertz CT molecular complexity index is 455. The smallest absolute Gasteiger partial charge is 0.241 e. The molecule has 1 aromatic carbocycles. The van der Waals surface area contributed by atoms with E-state index >= 15 is 0 Å². The van der Waals surface area contributed by atoms with E-state index < -0.39 is 17.7 Å². The first-order valence-electron chi connectivity index (χ1n) is 6.40. The molecule has 0 aliphatic heterocycles. The van der Waals surface area contributed by atoms with Crippen molar-refractivity contribution in [3.05, 3.63) is 29.8 Å². The molecule has 0 fully saturated rings. The summed E-state index contributed by atoms with van der Waals surface area (Å²) in [6.45, 7) is 2.99. The maximum atomic E-state index is 13.4. The molecule has 112 valence electrons. The summed E-state index contributed by atoms with van der Waals surface area (Å²) in [7, 11) is 3.41. The minimum absolute atomic E-state index is 0.146. The van der Waals surface area contributed by atoms with Crippen LogP contribution < -0.4 is 5.32 Å². The second-order valence-corrected chi connectivity index (χ2v) is 4.62. The van der Waals surface area contributed by atoms with Crippen molar-refractivity contribution < 1.29 is 18.3 Å². The Morgan fingerprint density at radius 2 is 2.15 bits per heavy atom. The zero-order chi connectivity index (χ0) is 15.1. The van der Waals surface area contributed by atoms with Crippen LogP contribution in [-0.2, 0) is 9.53 Å². The van der Waals surface area contributed by atoms with E-state index in [1.165, 1.54) is 0 Å². The van der Waals surface area contributed by atoms with Crippen molar-refractivity contribution in [1.29, 1.82) is 0 Å². The molecular weight excluding hydrogens is 266 g/mol. The Balaban J connectivity index is 2.58. The van der Waals surface area contributed by atoms with Crippen molar-refractivity contribution in [2.24, 2.45) is 0 Å². The van der Waals surface area contributed by atoms with E-state index in [2.05, 4.69) is 5.32 Å². The van der Waals surface area contributed by atoms with Gasteiger partial charge in [0, 0.05) is 26.3 Å². The summed E-state index contributed by atoms with van der Waals surface area (Å²) in [4.78, 5) is 13.8. The number of nitrogens with one attached hydrogen (secondary N) is 1. The summed E-state index contributed by atoms with van der Waals surface area (Å²) < 4.78 is 31.4. The van der Waals surface area contributed by atoms with Crippen LogP contribution in [0.25, 0.3) is 0 Å². The van der Waals surface area contributed by atoms with Crippen LogP contribution in [0.15, 0.2) is 18.2 Å². The van der Waals surface area contributed by atoms with Gasteiger partial charge in [0.15, 0.2) is 0 Å². The Hall–Kier alpha value is -1.53. The van der Waals surface area contributed by atoms with Crippen molar-refractivity contribution in [1.82, 2.24) is 4.90 Å². The number of amides is 1. The Morgan fingerprint density at radius 1 is 1.45 bits per heavy atom. The molecule has 1 atom stereocenters. The molecule has 0 spiro atoms. The number of hydrogen-bond donors (Lipinski definition) is 1. The third-order valence-corrected chi connectivity index (χ3v) is 3.09. The highest BCUT2D eigenvalue weighted by Crippen LogP contribution is 2.16. The molecular formula is C14H20F2N2O2. The molecule has 6 heteroatoms. The molecule has 0 radical (unpaired) electrons. The highest BCUT2D eigenvalue weighted by Gasteiger charge is 2.19. The van der Waals surface area contributed by atoms with Crippen molar-refractivity contribution in [3.63, 3.8) is 0 Å². The molecule has 0 aliphatic carbocycles. The maximum Gasteiger partial charge on any atom is 0.241 e. The van der Waals surface area contributed by atoms with Gasteiger partial charge < -0.3 is 10.1 Å². The van der Waals surface area contributed by atoms with E-state index in [0.717, 1.165) is 24.6 Å². The molecule has 20 heavy (non-hydrogen) atoms.